The first-order chi connectivity index (χ1) is 10.5. The molecule has 1 saturated carbocycles. The van der Waals surface area contributed by atoms with Gasteiger partial charge in [-0.15, -0.1) is 0 Å². The summed E-state index contributed by atoms with van der Waals surface area (Å²) >= 11 is 5.96. The molecule has 1 atom stereocenters. The quantitative estimate of drug-likeness (QED) is 0.892. The average Bonchev–Trinajstić information content (AvgIpc) is 3.07. The van der Waals surface area contributed by atoms with Crippen LogP contribution in [0.2, 0.25) is 5.02 Å². The molecule has 1 aliphatic heterocycles. The molecule has 3 rings (SSSR count). The number of rotatable bonds is 3. The van der Waals surface area contributed by atoms with Gasteiger partial charge in [-0.2, -0.15) is 0 Å². The van der Waals surface area contributed by atoms with Crippen LogP contribution in [-0.2, 0) is 9.59 Å². The zero-order valence-corrected chi connectivity index (χ0v) is 13.0. The van der Waals surface area contributed by atoms with E-state index in [0.29, 0.717) is 30.8 Å². The monoisotopic (exact) mass is 322 g/mol. The smallest absolute Gasteiger partial charge is 0.252 e. The lowest BCUT2D eigenvalue weighted by atomic mass is 10.0. The van der Waals surface area contributed by atoms with Gasteiger partial charge in [-0.05, 0) is 50.3 Å². The van der Waals surface area contributed by atoms with E-state index in [2.05, 4.69) is 5.32 Å². The van der Waals surface area contributed by atoms with Gasteiger partial charge >= 0.3 is 0 Å². The first-order valence-corrected chi connectivity index (χ1v) is 7.98. The SMILES string of the molecule is O=C1C(NC(=O)C2(O)CCCC2)CCN1c1cccc(Cl)c1. The molecule has 118 valence electrons. The summed E-state index contributed by atoms with van der Waals surface area (Å²) in [5, 5.41) is 13.6. The molecule has 0 radical (unpaired) electrons. The fourth-order valence-corrected chi connectivity index (χ4v) is 3.38. The maximum Gasteiger partial charge on any atom is 0.252 e. The number of nitrogens with one attached hydrogen (secondary N) is 1. The van der Waals surface area contributed by atoms with Crippen LogP contribution in [0.4, 0.5) is 5.69 Å². The third kappa shape index (κ3) is 2.83. The maximum atomic E-state index is 12.5. The number of hydrogen-bond donors (Lipinski definition) is 2. The van der Waals surface area contributed by atoms with Crippen LogP contribution >= 0.6 is 11.6 Å². The van der Waals surface area contributed by atoms with Gasteiger partial charge in [0.1, 0.15) is 11.6 Å². The molecular weight excluding hydrogens is 304 g/mol. The number of amides is 2. The zero-order valence-electron chi connectivity index (χ0n) is 12.2. The van der Waals surface area contributed by atoms with E-state index in [4.69, 9.17) is 11.6 Å². The van der Waals surface area contributed by atoms with Crippen molar-refractivity contribution < 1.29 is 14.7 Å². The van der Waals surface area contributed by atoms with Gasteiger partial charge in [-0.25, -0.2) is 0 Å². The molecule has 1 saturated heterocycles. The molecule has 1 aromatic rings. The van der Waals surface area contributed by atoms with Crippen molar-refractivity contribution >= 4 is 29.1 Å². The van der Waals surface area contributed by atoms with E-state index < -0.39 is 17.6 Å². The fourth-order valence-electron chi connectivity index (χ4n) is 3.19. The molecule has 22 heavy (non-hydrogen) atoms. The van der Waals surface area contributed by atoms with Crippen LogP contribution < -0.4 is 10.2 Å². The number of nitrogens with zero attached hydrogens (tertiary/aromatic N) is 1. The van der Waals surface area contributed by atoms with Crippen LogP contribution in [0.15, 0.2) is 24.3 Å². The zero-order chi connectivity index (χ0) is 15.7. The van der Waals surface area contributed by atoms with Crippen molar-refractivity contribution in [3.05, 3.63) is 29.3 Å². The first kappa shape index (κ1) is 15.3. The molecule has 2 amide bonds. The van der Waals surface area contributed by atoms with Crippen LogP contribution in [0.3, 0.4) is 0 Å². The van der Waals surface area contributed by atoms with Crippen molar-refractivity contribution in [1.29, 1.82) is 0 Å². The molecule has 2 fully saturated rings. The molecule has 1 aromatic carbocycles. The highest BCUT2D eigenvalue weighted by atomic mass is 35.5. The van der Waals surface area contributed by atoms with Gasteiger partial charge in [0, 0.05) is 17.3 Å². The largest absolute Gasteiger partial charge is 0.380 e. The van der Waals surface area contributed by atoms with Crippen molar-refractivity contribution in [3.63, 3.8) is 0 Å². The first-order valence-electron chi connectivity index (χ1n) is 7.60. The summed E-state index contributed by atoms with van der Waals surface area (Å²) in [6, 6.07) is 6.52. The molecular formula is C16H19ClN2O3. The minimum Gasteiger partial charge on any atom is -0.380 e. The highest BCUT2D eigenvalue weighted by Crippen LogP contribution is 2.30. The Labute approximate surface area is 134 Å². The van der Waals surface area contributed by atoms with Crippen LogP contribution in [0.5, 0.6) is 0 Å². The Bertz CT molecular complexity index is 599. The third-order valence-electron chi connectivity index (χ3n) is 4.48. The Morgan fingerprint density at radius 3 is 2.77 bits per heavy atom. The second-order valence-corrected chi connectivity index (χ2v) is 6.46. The van der Waals surface area contributed by atoms with Crippen molar-refractivity contribution in [2.45, 2.75) is 43.7 Å². The van der Waals surface area contributed by atoms with E-state index in [1.54, 1.807) is 23.1 Å². The minimum absolute atomic E-state index is 0.155. The summed E-state index contributed by atoms with van der Waals surface area (Å²) in [5.41, 5.74) is -0.571. The normalized spacial score (nSPS) is 23.8. The van der Waals surface area contributed by atoms with Crippen molar-refractivity contribution in [1.82, 2.24) is 5.32 Å². The highest BCUT2D eigenvalue weighted by molar-refractivity contribution is 6.31. The average molecular weight is 323 g/mol. The number of carbonyl (C=O) groups excluding carboxylic acids is 2. The molecule has 1 unspecified atom stereocenters. The summed E-state index contributed by atoms with van der Waals surface area (Å²) in [6.07, 6.45) is 3.16. The minimum atomic E-state index is -1.30. The van der Waals surface area contributed by atoms with Crippen molar-refractivity contribution in [3.8, 4) is 0 Å². The van der Waals surface area contributed by atoms with E-state index in [0.717, 1.165) is 18.5 Å². The molecule has 0 aromatic heterocycles. The molecule has 6 heteroatoms. The molecule has 2 aliphatic rings. The highest BCUT2D eigenvalue weighted by Gasteiger charge is 2.42. The molecule has 1 heterocycles. The molecule has 0 bridgehead atoms. The fraction of sp³-hybridized carbons (Fsp3) is 0.500. The number of hydrogen-bond acceptors (Lipinski definition) is 3. The molecule has 0 spiro atoms. The lowest BCUT2D eigenvalue weighted by Crippen LogP contribution is -2.51. The predicted octanol–water partition coefficient (Wildman–Crippen LogP) is 1.87. The van der Waals surface area contributed by atoms with E-state index in [-0.39, 0.29) is 5.91 Å². The van der Waals surface area contributed by atoms with E-state index in [1.165, 1.54) is 0 Å². The Kier molecular flexibility index (Phi) is 4.10. The number of aliphatic hydroxyl groups is 1. The van der Waals surface area contributed by atoms with E-state index in [1.807, 2.05) is 6.07 Å². The van der Waals surface area contributed by atoms with Gasteiger partial charge in [-0.3, -0.25) is 9.59 Å². The second kappa shape index (κ2) is 5.89. The van der Waals surface area contributed by atoms with Crippen LogP contribution in [0, 0.1) is 0 Å². The number of halogens is 1. The van der Waals surface area contributed by atoms with Gasteiger partial charge in [0.25, 0.3) is 5.91 Å². The standard InChI is InChI=1S/C16H19ClN2O3/c17-11-4-3-5-12(10-11)19-9-6-13(14(19)20)18-15(21)16(22)7-1-2-8-16/h3-5,10,13,22H,1-2,6-9H2,(H,18,21). The van der Waals surface area contributed by atoms with Gasteiger partial charge in [-0.1, -0.05) is 17.7 Å². The van der Waals surface area contributed by atoms with E-state index in [9.17, 15) is 14.7 Å². The lowest BCUT2D eigenvalue weighted by Gasteiger charge is -2.23. The van der Waals surface area contributed by atoms with Gasteiger partial charge < -0.3 is 15.3 Å². The number of carbonyl (C=O) groups is 2. The van der Waals surface area contributed by atoms with Crippen molar-refractivity contribution in [2.24, 2.45) is 0 Å². The molecule has 2 N–H and O–H groups in total. The second-order valence-electron chi connectivity index (χ2n) is 6.02. The van der Waals surface area contributed by atoms with Gasteiger partial charge in [0.05, 0.1) is 0 Å². The van der Waals surface area contributed by atoms with Crippen molar-refractivity contribution in [2.75, 3.05) is 11.4 Å². The Balaban J connectivity index is 1.67. The Morgan fingerprint density at radius 2 is 2.09 bits per heavy atom. The summed E-state index contributed by atoms with van der Waals surface area (Å²) < 4.78 is 0. The van der Waals surface area contributed by atoms with E-state index >= 15 is 0 Å². The maximum absolute atomic E-state index is 12.5. The van der Waals surface area contributed by atoms with Crippen LogP contribution in [0.1, 0.15) is 32.1 Å². The number of anilines is 1. The van der Waals surface area contributed by atoms with Crippen LogP contribution in [-0.4, -0.2) is 35.1 Å². The third-order valence-corrected chi connectivity index (χ3v) is 4.72. The topological polar surface area (TPSA) is 69.6 Å². The summed E-state index contributed by atoms with van der Waals surface area (Å²) in [7, 11) is 0. The molecule has 1 aliphatic carbocycles. The predicted molar refractivity (Wildman–Crippen MR) is 83.8 cm³/mol. The van der Waals surface area contributed by atoms with Gasteiger partial charge in [0.15, 0.2) is 0 Å². The Morgan fingerprint density at radius 1 is 1.36 bits per heavy atom. The summed E-state index contributed by atoms with van der Waals surface area (Å²) in [6.45, 7) is 0.530. The summed E-state index contributed by atoms with van der Waals surface area (Å²) in [4.78, 5) is 26.3. The number of benzene rings is 1. The molecule has 5 nitrogen and oxygen atoms in total. The lowest BCUT2D eigenvalue weighted by molar-refractivity contribution is -0.141. The van der Waals surface area contributed by atoms with Gasteiger partial charge in [0.2, 0.25) is 5.91 Å². The summed E-state index contributed by atoms with van der Waals surface area (Å²) in [5.74, 6) is -0.575. The Hall–Kier alpha value is -1.59. The van der Waals surface area contributed by atoms with Crippen LogP contribution in [0.25, 0.3) is 0 Å².